The maximum Gasteiger partial charge on any atom is 0.407 e. The average Bonchev–Trinajstić information content (AvgIpc) is 2.78. The summed E-state index contributed by atoms with van der Waals surface area (Å²) in [7, 11) is 0. The lowest BCUT2D eigenvalue weighted by molar-refractivity contribution is -0.126. The third-order valence-corrected chi connectivity index (χ3v) is 6.04. The van der Waals surface area contributed by atoms with E-state index in [-0.39, 0.29) is 24.5 Å². The molecule has 7 heteroatoms. The molecule has 0 saturated carbocycles. The summed E-state index contributed by atoms with van der Waals surface area (Å²) in [5.74, 6) is 1.20. The first-order chi connectivity index (χ1) is 14.5. The predicted octanol–water partition coefficient (Wildman–Crippen LogP) is 3.14. The van der Waals surface area contributed by atoms with Crippen molar-refractivity contribution in [1.29, 1.82) is 0 Å². The van der Waals surface area contributed by atoms with Crippen molar-refractivity contribution in [2.75, 3.05) is 26.3 Å². The van der Waals surface area contributed by atoms with Crippen molar-refractivity contribution in [3.05, 3.63) is 35.9 Å². The Balaban J connectivity index is 1.46. The van der Waals surface area contributed by atoms with Crippen LogP contribution in [0.25, 0.3) is 5.57 Å². The molecule has 0 spiro atoms. The van der Waals surface area contributed by atoms with E-state index in [2.05, 4.69) is 23.5 Å². The maximum absolute atomic E-state index is 12.2. The first-order valence-electron chi connectivity index (χ1n) is 10.8. The van der Waals surface area contributed by atoms with Gasteiger partial charge in [0.25, 0.3) is 0 Å². The van der Waals surface area contributed by atoms with E-state index >= 15 is 0 Å². The average molecular weight is 417 g/mol. The molecule has 1 aliphatic heterocycles. The fourth-order valence-corrected chi connectivity index (χ4v) is 4.01. The number of nitrogens with zero attached hydrogens (tertiary/aromatic N) is 1. The summed E-state index contributed by atoms with van der Waals surface area (Å²) in [5.41, 5.74) is 2.40. The zero-order chi connectivity index (χ0) is 21.5. The lowest BCUT2D eigenvalue weighted by atomic mass is 9.86. The smallest absolute Gasteiger partial charge is 0.407 e. The first-order valence-corrected chi connectivity index (χ1v) is 10.8. The van der Waals surface area contributed by atoms with Crippen LogP contribution >= 0.6 is 0 Å². The van der Waals surface area contributed by atoms with E-state index in [0.29, 0.717) is 32.0 Å². The van der Waals surface area contributed by atoms with Crippen LogP contribution in [0.4, 0.5) is 4.79 Å². The van der Waals surface area contributed by atoms with Gasteiger partial charge in [-0.15, -0.1) is 0 Å². The lowest BCUT2D eigenvalue weighted by Gasteiger charge is -2.29. The Morgan fingerprint density at radius 2 is 1.90 bits per heavy atom. The molecule has 1 heterocycles. The van der Waals surface area contributed by atoms with Crippen LogP contribution in [0, 0.1) is 11.8 Å². The fraction of sp³-hybridized carbons (Fsp3) is 0.565. The summed E-state index contributed by atoms with van der Waals surface area (Å²) >= 11 is 0. The summed E-state index contributed by atoms with van der Waals surface area (Å²) in [4.78, 5) is 24.6. The highest BCUT2D eigenvalue weighted by atomic mass is 16.5. The van der Waals surface area contributed by atoms with Crippen LogP contribution in [0.1, 0.15) is 44.6 Å². The number of allylic oxidation sites excluding steroid dienone is 2. The summed E-state index contributed by atoms with van der Waals surface area (Å²) in [6, 6.07) is 7.86. The maximum atomic E-state index is 12.2. The van der Waals surface area contributed by atoms with Gasteiger partial charge in [-0.1, -0.05) is 18.2 Å². The number of benzene rings is 1. The normalized spacial score (nSPS) is 20.9. The van der Waals surface area contributed by atoms with Crippen molar-refractivity contribution in [1.82, 2.24) is 10.2 Å². The highest BCUT2D eigenvalue weighted by Gasteiger charge is 2.24. The van der Waals surface area contributed by atoms with Crippen LogP contribution in [0.15, 0.2) is 30.3 Å². The number of aliphatic hydroxyl groups is 1. The molecule has 2 aliphatic rings. The molecule has 7 nitrogen and oxygen atoms in total. The van der Waals surface area contributed by atoms with Crippen LogP contribution in [0.2, 0.25) is 0 Å². The molecule has 1 fully saturated rings. The monoisotopic (exact) mass is 416 g/mol. The van der Waals surface area contributed by atoms with E-state index in [1.165, 1.54) is 10.5 Å². The number of aliphatic hydroxyl groups excluding tert-OH is 1. The molecule has 0 bridgehead atoms. The molecule has 2 amide bonds. The number of nitrogens with one attached hydrogen (secondary N) is 1. The van der Waals surface area contributed by atoms with Gasteiger partial charge >= 0.3 is 6.09 Å². The van der Waals surface area contributed by atoms with Crippen LogP contribution in [-0.2, 0) is 4.79 Å². The number of likely N-dealkylation sites (tertiary alicyclic amines) is 1. The van der Waals surface area contributed by atoms with Gasteiger partial charge in [-0.05, 0) is 68.2 Å². The van der Waals surface area contributed by atoms with Crippen LogP contribution in [-0.4, -0.2) is 59.5 Å². The molecule has 0 aromatic heterocycles. The highest BCUT2D eigenvalue weighted by Crippen LogP contribution is 2.31. The summed E-state index contributed by atoms with van der Waals surface area (Å²) in [6.07, 6.45) is 5.35. The third-order valence-electron chi connectivity index (χ3n) is 6.04. The Morgan fingerprint density at radius 1 is 1.20 bits per heavy atom. The van der Waals surface area contributed by atoms with Crippen molar-refractivity contribution in [2.45, 2.75) is 45.1 Å². The first kappa shape index (κ1) is 22.2. The number of carboxylic acid groups (broad SMARTS) is 1. The molecule has 2 atom stereocenters. The van der Waals surface area contributed by atoms with E-state index < -0.39 is 6.09 Å². The van der Waals surface area contributed by atoms with Crippen LogP contribution in [0.5, 0.6) is 5.75 Å². The summed E-state index contributed by atoms with van der Waals surface area (Å²) in [6.45, 7) is 3.52. The SMILES string of the molecule is C[C@H](CO)NC(=O)C1CC=C(c2ccc(OCC3CCN(C(=O)O)CC3)cc2)CC1. The second-order valence-corrected chi connectivity index (χ2v) is 8.34. The number of amides is 2. The fourth-order valence-electron chi connectivity index (χ4n) is 4.01. The van der Waals surface area contributed by atoms with Gasteiger partial charge in [0.15, 0.2) is 0 Å². The van der Waals surface area contributed by atoms with E-state index in [9.17, 15) is 9.59 Å². The Bertz CT molecular complexity index is 753. The molecule has 1 aromatic rings. The topological polar surface area (TPSA) is 99.1 Å². The van der Waals surface area contributed by atoms with Gasteiger partial charge in [0.1, 0.15) is 5.75 Å². The molecule has 1 saturated heterocycles. The number of hydrogen-bond donors (Lipinski definition) is 3. The Hall–Kier alpha value is -2.54. The summed E-state index contributed by atoms with van der Waals surface area (Å²) in [5, 5.41) is 20.9. The second kappa shape index (κ2) is 10.5. The van der Waals surface area contributed by atoms with Gasteiger partial charge in [0.05, 0.1) is 13.2 Å². The lowest BCUT2D eigenvalue weighted by Crippen LogP contribution is -2.39. The molecule has 3 rings (SSSR count). The second-order valence-electron chi connectivity index (χ2n) is 8.34. The Kier molecular flexibility index (Phi) is 7.74. The number of hydrogen-bond acceptors (Lipinski definition) is 4. The third kappa shape index (κ3) is 5.98. The Labute approximate surface area is 177 Å². The van der Waals surface area contributed by atoms with Gasteiger partial charge < -0.3 is 25.2 Å². The number of carbonyl (C=O) groups is 2. The van der Waals surface area contributed by atoms with E-state index in [4.69, 9.17) is 14.9 Å². The number of carbonyl (C=O) groups excluding carboxylic acids is 1. The minimum absolute atomic E-state index is 0.0183. The molecular formula is C23H32N2O5. The quantitative estimate of drug-likeness (QED) is 0.634. The van der Waals surface area contributed by atoms with Gasteiger partial charge in [-0.2, -0.15) is 0 Å². The summed E-state index contributed by atoms with van der Waals surface area (Å²) < 4.78 is 5.92. The van der Waals surface area contributed by atoms with Gasteiger partial charge in [-0.25, -0.2) is 4.79 Å². The number of ether oxygens (including phenoxy) is 1. The molecule has 30 heavy (non-hydrogen) atoms. The largest absolute Gasteiger partial charge is 0.493 e. The van der Waals surface area contributed by atoms with Crippen molar-refractivity contribution in [2.24, 2.45) is 11.8 Å². The minimum Gasteiger partial charge on any atom is -0.493 e. The Morgan fingerprint density at radius 3 is 2.47 bits per heavy atom. The molecule has 164 valence electrons. The highest BCUT2D eigenvalue weighted by molar-refractivity contribution is 5.80. The van der Waals surface area contributed by atoms with Gasteiger partial charge in [0, 0.05) is 25.0 Å². The molecule has 3 N–H and O–H groups in total. The minimum atomic E-state index is -0.839. The molecule has 1 aliphatic carbocycles. The van der Waals surface area contributed by atoms with Crippen LogP contribution in [0.3, 0.4) is 0 Å². The zero-order valence-corrected chi connectivity index (χ0v) is 17.5. The predicted molar refractivity (Wildman–Crippen MR) is 114 cm³/mol. The molecule has 0 radical (unpaired) electrons. The van der Waals surface area contributed by atoms with Gasteiger partial charge in [-0.3, -0.25) is 4.79 Å². The number of piperidine rings is 1. The molecule has 1 unspecified atom stereocenters. The van der Waals surface area contributed by atoms with Crippen molar-refractivity contribution in [3.8, 4) is 5.75 Å². The van der Waals surface area contributed by atoms with E-state index in [0.717, 1.165) is 37.0 Å². The van der Waals surface area contributed by atoms with E-state index in [1.807, 2.05) is 12.1 Å². The van der Waals surface area contributed by atoms with Crippen molar-refractivity contribution >= 4 is 17.6 Å². The van der Waals surface area contributed by atoms with Crippen LogP contribution < -0.4 is 10.1 Å². The van der Waals surface area contributed by atoms with E-state index in [1.54, 1.807) is 6.92 Å². The molecular weight excluding hydrogens is 384 g/mol. The zero-order valence-electron chi connectivity index (χ0n) is 17.5. The van der Waals surface area contributed by atoms with Crippen molar-refractivity contribution < 1.29 is 24.5 Å². The van der Waals surface area contributed by atoms with Crippen molar-refractivity contribution in [3.63, 3.8) is 0 Å². The van der Waals surface area contributed by atoms with Gasteiger partial charge in [0.2, 0.25) is 5.91 Å². The number of rotatable bonds is 7. The molecule has 1 aromatic carbocycles. The standard InChI is InChI=1S/C23H32N2O5/c1-16(14-26)24-22(27)20-4-2-18(3-5-20)19-6-8-21(9-7-19)30-15-17-10-12-25(13-11-17)23(28)29/h2,6-9,16-17,20,26H,3-5,10-15H2,1H3,(H,24,27)(H,28,29)/t16-,20?/m1/s1.